The highest BCUT2D eigenvalue weighted by Gasteiger charge is 2.55. The predicted octanol–water partition coefficient (Wildman–Crippen LogP) is 3.38. The average molecular weight is 206 g/mol. The fraction of sp³-hybridized carbons (Fsp3) is 1.00. The van der Waals surface area contributed by atoms with E-state index in [1.165, 1.54) is 32.1 Å². The van der Waals surface area contributed by atoms with Crippen LogP contribution in [0.2, 0.25) is 0 Å². The van der Waals surface area contributed by atoms with E-state index in [0.717, 1.165) is 23.2 Å². The molecule has 1 heterocycles. The number of epoxide rings is 1. The minimum atomic E-state index is 0.691. The van der Waals surface area contributed by atoms with Gasteiger partial charge in [0.1, 0.15) is 0 Å². The molecule has 1 heteroatoms. The zero-order valence-electron chi connectivity index (χ0n) is 9.74. The fourth-order valence-corrected chi connectivity index (χ4v) is 4.47. The van der Waals surface area contributed by atoms with Crippen LogP contribution in [0, 0.1) is 23.2 Å². The second-order valence-corrected chi connectivity index (χ2v) is 6.88. The Morgan fingerprint density at radius 3 is 2.67 bits per heavy atom. The normalized spacial score (nSPS) is 61.8. The molecule has 0 spiro atoms. The van der Waals surface area contributed by atoms with E-state index in [4.69, 9.17) is 4.74 Å². The van der Waals surface area contributed by atoms with E-state index in [2.05, 4.69) is 6.92 Å². The van der Waals surface area contributed by atoms with Crippen LogP contribution >= 0.6 is 0 Å². The van der Waals surface area contributed by atoms with Crippen molar-refractivity contribution in [2.24, 2.45) is 23.2 Å². The quantitative estimate of drug-likeness (QED) is 0.599. The van der Waals surface area contributed by atoms with Crippen molar-refractivity contribution in [2.45, 2.75) is 64.1 Å². The molecule has 4 rings (SSSR count). The summed E-state index contributed by atoms with van der Waals surface area (Å²) in [7, 11) is 0. The van der Waals surface area contributed by atoms with E-state index in [0.29, 0.717) is 12.2 Å². The lowest BCUT2D eigenvalue weighted by Gasteiger charge is -2.33. The zero-order valence-corrected chi connectivity index (χ0v) is 9.74. The van der Waals surface area contributed by atoms with Crippen LogP contribution in [-0.4, -0.2) is 12.2 Å². The first-order valence-corrected chi connectivity index (χ1v) is 6.90. The molecule has 0 aromatic rings. The third-order valence-electron chi connectivity index (χ3n) is 5.92. The molecular weight excluding hydrogens is 184 g/mol. The summed E-state index contributed by atoms with van der Waals surface area (Å²) in [6.07, 6.45) is 11.8. The molecule has 4 aliphatic rings. The molecule has 0 amide bonds. The molecule has 6 unspecified atom stereocenters. The lowest BCUT2D eigenvalue weighted by molar-refractivity contribution is 0.175. The molecule has 0 radical (unpaired) electrons. The van der Waals surface area contributed by atoms with Gasteiger partial charge < -0.3 is 4.74 Å². The van der Waals surface area contributed by atoms with Gasteiger partial charge in [-0.05, 0) is 68.1 Å². The lowest BCUT2D eigenvalue weighted by Crippen LogP contribution is -2.26. The Hall–Kier alpha value is -0.0400. The fourth-order valence-electron chi connectivity index (χ4n) is 4.47. The van der Waals surface area contributed by atoms with E-state index >= 15 is 0 Å². The van der Waals surface area contributed by atoms with Crippen molar-refractivity contribution in [3.8, 4) is 0 Å². The highest BCUT2D eigenvalue weighted by Crippen LogP contribution is 2.63. The molecule has 4 fully saturated rings. The highest BCUT2D eigenvalue weighted by atomic mass is 16.6. The van der Waals surface area contributed by atoms with E-state index in [1.807, 2.05) is 0 Å². The summed E-state index contributed by atoms with van der Waals surface area (Å²) in [5.41, 5.74) is 0.795. The number of hydrogen-bond donors (Lipinski definition) is 0. The molecule has 3 saturated carbocycles. The van der Waals surface area contributed by atoms with Crippen molar-refractivity contribution in [1.29, 1.82) is 0 Å². The standard InChI is InChI=1S/C14H22O/c1-14-5-4-10(6-11(14)8-14)9-2-3-12-13(7-9)15-12/h9-13H,2-8H2,1H3. The van der Waals surface area contributed by atoms with Gasteiger partial charge in [0.05, 0.1) is 12.2 Å². The SMILES string of the molecule is CC12CCC(C3CCC4OC4C3)CC1C2. The smallest absolute Gasteiger partial charge is 0.0844 e. The van der Waals surface area contributed by atoms with Crippen molar-refractivity contribution in [1.82, 2.24) is 0 Å². The third-order valence-corrected chi connectivity index (χ3v) is 5.92. The van der Waals surface area contributed by atoms with E-state index in [-0.39, 0.29) is 0 Å². The molecule has 3 aliphatic carbocycles. The topological polar surface area (TPSA) is 12.5 Å². The van der Waals surface area contributed by atoms with Gasteiger partial charge in [-0.1, -0.05) is 6.92 Å². The van der Waals surface area contributed by atoms with Crippen molar-refractivity contribution in [2.75, 3.05) is 0 Å². The predicted molar refractivity (Wildman–Crippen MR) is 59.6 cm³/mol. The molecule has 0 aromatic heterocycles. The van der Waals surface area contributed by atoms with Gasteiger partial charge in [-0.3, -0.25) is 0 Å². The molecule has 1 aliphatic heterocycles. The van der Waals surface area contributed by atoms with E-state index in [9.17, 15) is 0 Å². The van der Waals surface area contributed by atoms with Crippen LogP contribution in [0.5, 0.6) is 0 Å². The Labute approximate surface area is 92.6 Å². The number of fused-ring (bicyclic) bond motifs is 2. The summed E-state index contributed by atoms with van der Waals surface area (Å²) in [5.74, 6) is 3.20. The van der Waals surface area contributed by atoms with Gasteiger partial charge in [0, 0.05) is 0 Å². The Morgan fingerprint density at radius 1 is 1.00 bits per heavy atom. The molecule has 0 N–H and O–H groups in total. The molecule has 84 valence electrons. The van der Waals surface area contributed by atoms with Gasteiger partial charge in [-0.15, -0.1) is 0 Å². The number of hydrogen-bond acceptors (Lipinski definition) is 1. The first kappa shape index (κ1) is 9.04. The first-order valence-electron chi connectivity index (χ1n) is 6.90. The summed E-state index contributed by atoms with van der Waals surface area (Å²) in [6, 6.07) is 0. The van der Waals surface area contributed by atoms with Crippen LogP contribution in [0.15, 0.2) is 0 Å². The van der Waals surface area contributed by atoms with Crippen LogP contribution in [0.25, 0.3) is 0 Å². The number of rotatable bonds is 1. The van der Waals surface area contributed by atoms with Crippen molar-refractivity contribution < 1.29 is 4.74 Å². The summed E-state index contributed by atoms with van der Waals surface area (Å²) < 4.78 is 5.66. The Morgan fingerprint density at radius 2 is 1.87 bits per heavy atom. The maximum atomic E-state index is 5.66. The molecule has 0 aromatic carbocycles. The Bertz CT molecular complexity index is 287. The minimum Gasteiger partial charge on any atom is -0.370 e. The van der Waals surface area contributed by atoms with E-state index in [1.54, 1.807) is 12.8 Å². The average Bonchev–Trinajstić information content (AvgIpc) is 3.08. The van der Waals surface area contributed by atoms with Gasteiger partial charge in [0.25, 0.3) is 0 Å². The van der Waals surface area contributed by atoms with Gasteiger partial charge in [-0.25, -0.2) is 0 Å². The maximum Gasteiger partial charge on any atom is 0.0844 e. The van der Waals surface area contributed by atoms with Gasteiger partial charge in [0.2, 0.25) is 0 Å². The minimum absolute atomic E-state index is 0.691. The second-order valence-electron chi connectivity index (χ2n) is 6.88. The van der Waals surface area contributed by atoms with Crippen LogP contribution in [0.3, 0.4) is 0 Å². The van der Waals surface area contributed by atoms with Crippen LogP contribution in [0.1, 0.15) is 51.9 Å². The summed E-state index contributed by atoms with van der Waals surface area (Å²) >= 11 is 0. The van der Waals surface area contributed by atoms with E-state index < -0.39 is 0 Å². The molecule has 15 heavy (non-hydrogen) atoms. The third kappa shape index (κ3) is 1.39. The first-order chi connectivity index (χ1) is 7.24. The van der Waals surface area contributed by atoms with Crippen molar-refractivity contribution in [3.05, 3.63) is 0 Å². The lowest BCUT2D eigenvalue weighted by atomic mass is 9.71. The summed E-state index contributed by atoms with van der Waals surface area (Å²) in [4.78, 5) is 0. The van der Waals surface area contributed by atoms with Crippen molar-refractivity contribution >= 4 is 0 Å². The largest absolute Gasteiger partial charge is 0.370 e. The second kappa shape index (κ2) is 2.80. The van der Waals surface area contributed by atoms with Gasteiger partial charge in [0.15, 0.2) is 0 Å². The van der Waals surface area contributed by atoms with Crippen LogP contribution < -0.4 is 0 Å². The molecule has 6 atom stereocenters. The van der Waals surface area contributed by atoms with Crippen molar-refractivity contribution in [3.63, 3.8) is 0 Å². The number of ether oxygens (including phenoxy) is 1. The molecule has 1 saturated heterocycles. The Kier molecular flexibility index (Phi) is 1.68. The maximum absolute atomic E-state index is 5.66. The van der Waals surface area contributed by atoms with Gasteiger partial charge >= 0.3 is 0 Å². The molecular formula is C14H22O. The summed E-state index contributed by atoms with van der Waals surface area (Å²) in [6.45, 7) is 2.51. The highest BCUT2D eigenvalue weighted by molar-refractivity contribution is 5.04. The monoisotopic (exact) mass is 206 g/mol. The molecule has 1 nitrogen and oxygen atoms in total. The zero-order chi connectivity index (χ0) is 10.0. The van der Waals surface area contributed by atoms with Gasteiger partial charge in [-0.2, -0.15) is 0 Å². The summed E-state index contributed by atoms with van der Waals surface area (Å²) in [5, 5.41) is 0. The molecule has 0 bridgehead atoms. The van der Waals surface area contributed by atoms with Crippen LogP contribution in [-0.2, 0) is 4.74 Å². The Balaban J connectivity index is 1.41. The van der Waals surface area contributed by atoms with Crippen LogP contribution in [0.4, 0.5) is 0 Å².